The first kappa shape index (κ1) is 14.8. The summed E-state index contributed by atoms with van der Waals surface area (Å²) in [6.45, 7) is 2.04. The van der Waals surface area contributed by atoms with E-state index in [9.17, 15) is 9.59 Å². The number of carbonyl (C=O) groups excluding carboxylic acids is 2. The predicted molar refractivity (Wildman–Crippen MR) is 88.1 cm³/mol. The van der Waals surface area contributed by atoms with Gasteiger partial charge in [0.25, 0.3) is 0 Å². The molecule has 3 rings (SSSR count). The van der Waals surface area contributed by atoms with Crippen LogP contribution in [0.25, 0.3) is 11.0 Å². The third kappa shape index (κ3) is 3.06. The van der Waals surface area contributed by atoms with E-state index in [2.05, 4.69) is 10.3 Å². The molecule has 6 heteroatoms. The minimum atomic E-state index is -0.497. The zero-order valence-corrected chi connectivity index (χ0v) is 12.6. The number of benzene rings is 2. The van der Waals surface area contributed by atoms with Crippen molar-refractivity contribution in [3.63, 3.8) is 0 Å². The van der Waals surface area contributed by atoms with Crippen LogP contribution in [0.3, 0.4) is 0 Å². The summed E-state index contributed by atoms with van der Waals surface area (Å²) in [6.07, 6.45) is 0. The number of carbonyl (C=O) groups is 2. The predicted octanol–water partition coefficient (Wildman–Crippen LogP) is 2.08. The lowest BCUT2D eigenvalue weighted by atomic mass is 10.2. The molecule has 0 fully saturated rings. The Hall–Kier alpha value is -3.15. The smallest absolute Gasteiger partial charge is 0.248 e. The summed E-state index contributed by atoms with van der Waals surface area (Å²) in [6, 6.07) is 14.1. The van der Waals surface area contributed by atoms with Gasteiger partial charge in [-0.2, -0.15) is 0 Å². The van der Waals surface area contributed by atoms with Crippen LogP contribution in [0.2, 0.25) is 0 Å². The van der Waals surface area contributed by atoms with Gasteiger partial charge in [0.05, 0.1) is 11.0 Å². The van der Waals surface area contributed by atoms with Crippen molar-refractivity contribution in [2.45, 2.75) is 13.5 Å². The minimum Gasteiger partial charge on any atom is -0.366 e. The molecular formula is C17H16N4O2. The number of nitrogens with one attached hydrogen (secondary N) is 1. The molecule has 0 bridgehead atoms. The first-order valence-electron chi connectivity index (χ1n) is 7.16. The van der Waals surface area contributed by atoms with Gasteiger partial charge in [-0.1, -0.05) is 12.1 Å². The van der Waals surface area contributed by atoms with E-state index in [0.717, 1.165) is 16.9 Å². The molecule has 0 aliphatic heterocycles. The van der Waals surface area contributed by atoms with Crippen LogP contribution in [0.15, 0.2) is 48.5 Å². The number of aromatic nitrogens is 2. The third-order valence-electron chi connectivity index (χ3n) is 3.60. The van der Waals surface area contributed by atoms with Crippen LogP contribution in [0, 0.1) is 6.92 Å². The lowest BCUT2D eigenvalue weighted by molar-refractivity contribution is -0.116. The van der Waals surface area contributed by atoms with E-state index in [0.29, 0.717) is 11.3 Å². The minimum absolute atomic E-state index is 0.164. The molecule has 0 atom stereocenters. The molecule has 3 aromatic rings. The number of rotatable bonds is 4. The number of amides is 2. The monoisotopic (exact) mass is 308 g/mol. The fourth-order valence-corrected chi connectivity index (χ4v) is 2.46. The Morgan fingerprint density at radius 3 is 2.52 bits per heavy atom. The number of imidazole rings is 1. The highest BCUT2D eigenvalue weighted by Gasteiger charge is 2.11. The Bertz CT molecular complexity index is 881. The number of hydrogen-bond acceptors (Lipinski definition) is 3. The molecule has 0 aliphatic rings. The van der Waals surface area contributed by atoms with E-state index >= 15 is 0 Å². The van der Waals surface area contributed by atoms with E-state index in [-0.39, 0.29) is 12.5 Å². The van der Waals surface area contributed by atoms with Crippen LogP contribution in [0.1, 0.15) is 16.2 Å². The fourth-order valence-electron chi connectivity index (χ4n) is 2.46. The van der Waals surface area contributed by atoms with Crippen molar-refractivity contribution in [3.05, 3.63) is 59.9 Å². The average molecular weight is 308 g/mol. The lowest BCUT2D eigenvalue weighted by Crippen LogP contribution is -2.19. The molecule has 23 heavy (non-hydrogen) atoms. The van der Waals surface area contributed by atoms with Crippen LogP contribution in [0.5, 0.6) is 0 Å². The second-order valence-electron chi connectivity index (χ2n) is 5.22. The number of nitrogens with zero attached hydrogens (tertiary/aromatic N) is 2. The normalized spacial score (nSPS) is 10.7. The highest BCUT2D eigenvalue weighted by molar-refractivity contribution is 5.95. The van der Waals surface area contributed by atoms with Gasteiger partial charge in [-0.15, -0.1) is 0 Å². The summed E-state index contributed by atoms with van der Waals surface area (Å²) in [5.41, 5.74) is 7.99. The molecule has 0 unspecified atom stereocenters. The quantitative estimate of drug-likeness (QED) is 0.773. The van der Waals surface area contributed by atoms with Crippen LogP contribution in [-0.4, -0.2) is 21.4 Å². The summed E-state index contributed by atoms with van der Waals surface area (Å²) >= 11 is 0. The molecule has 1 heterocycles. The van der Waals surface area contributed by atoms with Gasteiger partial charge < -0.3 is 15.6 Å². The Labute approximate surface area is 132 Å². The SMILES string of the molecule is Cc1nc2ccccc2n1CC(=O)Nc1ccc(C(N)=O)cc1. The molecule has 3 N–H and O–H groups in total. The standard InChI is InChI=1S/C17H16N4O2/c1-11-19-14-4-2-3-5-15(14)21(11)10-16(22)20-13-8-6-12(7-9-13)17(18)23/h2-9H,10H2,1H3,(H2,18,23)(H,20,22). The van der Waals surface area contributed by atoms with E-state index < -0.39 is 5.91 Å². The van der Waals surface area contributed by atoms with Gasteiger partial charge in [0.1, 0.15) is 12.4 Å². The van der Waals surface area contributed by atoms with Crippen molar-refractivity contribution in [1.29, 1.82) is 0 Å². The van der Waals surface area contributed by atoms with Crippen molar-refractivity contribution in [2.24, 2.45) is 5.73 Å². The molecular weight excluding hydrogens is 292 g/mol. The number of fused-ring (bicyclic) bond motifs is 1. The summed E-state index contributed by atoms with van der Waals surface area (Å²) in [7, 11) is 0. The van der Waals surface area contributed by atoms with Gasteiger partial charge >= 0.3 is 0 Å². The van der Waals surface area contributed by atoms with Crippen molar-refractivity contribution in [3.8, 4) is 0 Å². The van der Waals surface area contributed by atoms with Crippen molar-refractivity contribution >= 4 is 28.5 Å². The van der Waals surface area contributed by atoms with E-state index in [4.69, 9.17) is 5.73 Å². The molecule has 0 aliphatic carbocycles. The number of para-hydroxylation sites is 2. The highest BCUT2D eigenvalue weighted by atomic mass is 16.2. The topological polar surface area (TPSA) is 90.0 Å². The Kier molecular flexibility index (Phi) is 3.80. The molecule has 2 aromatic carbocycles. The summed E-state index contributed by atoms with van der Waals surface area (Å²) in [5.74, 6) is 0.122. The summed E-state index contributed by atoms with van der Waals surface area (Å²) in [4.78, 5) is 27.7. The van der Waals surface area contributed by atoms with Crippen LogP contribution < -0.4 is 11.1 Å². The van der Waals surface area contributed by atoms with Gasteiger partial charge in [0, 0.05) is 11.3 Å². The molecule has 0 saturated carbocycles. The molecule has 6 nitrogen and oxygen atoms in total. The average Bonchev–Trinajstić information content (AvgIpc) is 2.84. The molecule has 0 radical (unpaired) electrons. The Morgan fingerprint density at radius 2 is 1.83 bits per heavy atom. The molecule has 1 aromatic heterocycles. The maximum atomic E-state index is 12.2. The zero-order chi connectivity index (χ0) is 16.4. The molecule has 0 spiro atoms. The first-order valence-corrected chi connectivity index (χ1v) is 7.16. The summed E-state index contributed by atoms with van der Waals surface area (Å²) in [5, 5.41) is 2.80. The van der Waals surface area contributed by atoms with Gasteiger partial charge in [-0.25, -0.2) is 4.98 Å². The maximum Gasteiger partial charge on any atom is 0.248 e. The van der Waals surface area contributed by atoms with Gasteiger partial charge in [0.15, 0.2) is 0 Å². The van der Waals surface area contributed by atoms with Crippen molar-refractivity contribution in [1.82, 2.24) is 9.55 Å². The lowest BCUT2D eigenvalue weighted by Gasteiger charge is -2.08. The van der Waals surface area contributed by atoms with Crippen LogP contribution in [-0.2, 0) is 11.3 Å². The first-order chi connectivity index (χ1) is 11.0. The van der Waals surface area contributed by atoms with Crippen molar-refractivity contribution < 1.29 is 9.59 Å². The fraction of sp³-hybridized carbons (Fsp3) is 0.118. The number of primary amides is 1. The third-order valence-corrected chi connectivity index (χ3v) is 3.60. The number of hydrogen-bond donors (Lipinski definition) is 2. The Balaban J connectivity index is 1.76. The second-order valence-corrected chi connectivity index (χ2v) is 5.22. The van der Waals surface area contributed by atoms with E-state index in [1.165, 1.54) is 0 Å². The zero-order valence-electron chi connectivity index (χ0n) is 12.6. The van der Waals surface area contributed by atoms with Crippen molar-refractivity contribution in [2.75, 3.05) is 5.32 Å². The molecule has 2 amide bonds. The number of anilines is 1. The van der Waals surface area contributed by atoms with E-state index in [1.807, 2.05) is 35.8 Å². The number of aryl methyl sites for hydroxylation is 1. The van der Waals surface area contributed by atoms with Gasteiger partial charge in [-0.05, 0) is 43.3 Å². The largest absolute Gasteiger partial charge is 0.366 e. The Morgan fingerprint density at radius 1 is 1.13 bits per heavy atom. The van der Waals surface area contributed by atoms with Crippen LogP contribution >= 0.6 is 0 Å². The second kappa shape index (κ2) is 5.92. The van der Waals surface area contributed by atoms with Gasteiger partial charge in [0.2, 0.25) is 11.8 Å². The van der Waals surface area contributed by atoms with E-state index in [1.54, 1.807) is 24.3 Å². The van der Waals surface area contributed by atoms with Crippen LogP contribution in [0.4, 0.5) is 5.69 Å². The maximum absolute atomic E-state index is 12.2. The number of nitrogens with two attached hydrogens (primary N) is 1. The van der Waals surface area contributed by atoms with Gasteiger partial charge in [-0.3, -0.25) is 9.59 Å². The molecule has 0 saturated heterocycles. The highest BCUT2D eigenvalue weighted by Crippen LogP contribution is 2.16. The summed E-state index contributed by atoms with van der Waals surface area (Å²) < 4.78 is 1.86. The molecule has 116 valence electrons.